The lowest BCUT2D eigenvalue weighted by atomic mass is 10.1. The molecular formula is C25H33N3O4. The first-order valence-electron chi connectivity index (χ1n) is 11.1. The predicted octanol–water partition coefficient (Wildman–Crippen LogP) is 3.54. The maximum Gasteiger partial charge on any atom is 0.257 e. The molecule has 1 heterocycles. The molecule has 1 fully saturated rings. The monoisotopic (exact) mass is 439 g/mol. The highest BCUT2D eigenvalue weighted by atomic mass is 16.5. The van der Waals surface area contributed by atoms with Crippen molar-refractivity contribution in [1.82, 2.24) is 9.80 Å². The summed E-state index contributed by atoms with van der Waals surface area (Å²) in [5.74, 6) is 1.01. The van der Waals surface area contributed by atoms with Crippen molar-refractivity contribution < 1.29 is 19.1 Å². The molecule has 172 valence electrons. The van der Waals surface area contributed by atoms with Gasteiger partial charge in [-0.2, -0.15) is 0 Å². The second-order valence-electron chi connectivity index (χ2n) is 8.08. The first-order chi connectivity index (χ1) is 15.4. The molecule has 7 heteroatoms. The highest BCUT2D eigenvalue weighted by Crippen LogP contribution is 2.26. The van der Waals surface area contributed by atoms with Crippen molar-refractivity contribution in [2.75, 3.05) is 51.8 Å². The summed E-state index contributed by atoms with van der Waals surface area (Å²) in [6.45, 7) is 9.32. The van der Waals surface area contributed by atoms with Gasteiger partial charge in [0, 0.05) is 56.1 Å². The van der Waals surface area contributed by atoms with Crippen molar-refractivity contribution in [3.63, 3.8) is 0 Å². The van der Waals surface area contributed by atoms with Crippen molar-refractivity contribution in [2.24, 2.45) is 0 Å². The van der Waals surface area contributed by atoms with Crippen LogP contribution in [0.15, 0.2) is 42.5 Å². The molecule has 0 aromatic heterocycles. The molecule has 0 radical (unpaired) electrons. The standard InChI is InChI=1S/C25H33N3O4/c1-6-28(18(2)3)20-9-7-19(8-10-20)24(29)26-13-15-27(16-14-26)25(30)22-12-11-21(31-4)17-23(22)32-5/h7-12,17-18H,6,13-16H2,1-5H3. The molecule has 1 saturated heterocycles. The lowest BCUT2D eigenvalue weighted by Gasteiger charge is -2.35. The van der Waals surface area contributed by atoms with Crippen LogP contribution in [-0.2, 0) is 0 Å². The summed E-state index contributed by atoms with van der Waals surface area (Å²) in [5, 5.41) is 0. The first-order valence-corrected chi connectivity index (χ1v) is 11.1. The molecule has 0 spiro atoms. The summed E-state index contributed by atoms with van der Waals surface area (Å²) >= 11 is 0. The molecule has 0 aliphatic carbocycles. The van der Waals surface area contributed by atoms with Crippen LogP contribution in [0.5, 0.6) is 11.5 Å². The fraction of sp³-hybridized carbons (Fsp3) is 0.440. The number of rotatable bonds is 7. The van der Waals surface area contributed by atoms with Crippen molar-refractivity contribution in [2.45, 2.75) is 26.8 Å². The zero-order valence-corrected chi connectivity index (χ0v) is 19.6. The van der Waals surface area contributed by atoms with Gasteiger partial charge in [-0.15, -0.1) is 0 Å². The Kier molecular flexibility index (Phi) is 7.62. The molecular weight excluding hydrogens is 406 g/mol. The van der Waals surface area contributed by atoms with Gasteiger partial charge >= 0.3 is 0 Å². The fourth-order valence-corrected chi connectivity index (χ4v) is 4.08. The number of ether oxygens (including phenoxy) is 2. The summed E-state index contributed by atoms with van der Waals surface area (Å²) in [7, 11) is 3.11. The summed E-state index contributed by atoms with van der Waals surface area (Å²) < 4.78 is 10.6. The van der Waals surface area contributed by atoms with Gasteiger partial charge in [0.05, 0.1) is 19.8 Å². The van der Waals surface area contributed by atoms with E-state index in [0.717, 1.165) is 12.2 Å². The zero-order valence-electron chi connectivity index (χ0n) is 19.6. The molecule has 2 amide bonds. The molecule has 2 aromatic rings. The van der Waals surface area contributed by atoms with E-state index in [-0.39, 0.29) is 11.8 Å². The van der Waals surface area contributed by atoms with Gasteiger partial charge in [0.15, 0.2) is 0 Å². The van der Waals surface area contributed by atoms with Gasteiger partial charge in [-0.1, -0.05) is 0 Å². The van der Waals surface area contributed by atoms with Crippen molar-refractivity contribution in [3.05, 3.63) is 53.6 Å². The average molecular weight is 440 g/mol. The van der Waals surface area contributed by atoms with Gasteiger partial charge in [-0.3, -0.25) is 9.59 Å². The predicted molar refractivity (Wildman–Crippen MR) is 126 cm³/mol. The number of anilines is 1. The lowest BCUT2D eigenvalue weighted by Crippen LogP contribution is -2.50. The number of carbonyl (C=O) groups is 2. The third-order valence-electron chi connectivity index (χ3n) is 5.90. The van der Waals surface area contributed by atoms with Crippen LogP contribution in [0.1, 0.15) is 41.5 Å². The lowest BCUT2D eigenvalue weighted by molar-refractivity contribution is 0.0533. The topological polar surface area (TPSA) is 62.3 Å². The van der Waals surface area contributed by atoms with Crippen LogP contribution < -0.4 is 14.4 Å². The van der Waals surface area contributed by atoms with Gasteiger partial charge in [0.25, 0.3) is 11.8 Å². The largest absolute Gasteiger partial charge is 0.497 e. The van der Waals surface area contributed by atoms with E-state index in [1.54, 1.807) is 30.2 Å². The van der Waals surface area contributed by atoms with E-state index >= 15 is 0 Å². The number of amides is 2. The highest BCUT2D eigenvalue weighted by molar-refractivity contribution is 5.98. The van der Waals surface area contributed by atoms with E-state index in [2.05, 4.69) is 25.7 Å². The minimum Gasteiger partial charge on any atom is -0.497 e. The Bertz CT molecular complexity index is 935. The number of methoxy groups -OCH3 is 2. The smallest absolute Gasteiger partial charge is 0.257 e. The Morgan fingerprint density at radius 1 is 0.906 bits per heavy atom. The Morgan fingerprint density at radius 2 is 1.50 bits per heavy atom. The normalized spacial score (nSPS) is 13.8. The van der Waals surface area contributed by atoms with Crippen LogP contribution in [0.3, 0.4) is 0 Å². The maximum atomic E-state index is 13.0. The average Bonchev–Trinajstić information content (AvgIpc) is 2.83. The van der Waals surface area contributed by atoms with Crippen molar-refractivity contribution in [3.8, 4) is 11.5 Å². The second kappa shape index (κ2) is 10.4. The van der Waals surface area contributed by atoms with Gasteiger partial charge in [-0.05, 0) is 57.2 Å². The number of nitrogens with zero attached hydrogens (tertiary/aromatic N) is 3. The SMILES string of the molecule is CCN(c1ccc(C(=O)N2CCN(C(=O)c3ccc(OC)cc3OC)CC2)cc1)C(C)C. The number of hydrogen-bond acceptors (Lipinski definition) is 5. The number of carbonyl (C=O) groups excluding carboxylic acids is 2. The van der Waals surface area contributed by atoms with Gasteiger partial charge in [-0.25, -0.2) is 0 Å². The minimum atomic E-state index is -0.103. The molecule has 1 aliphatic rings. The Hall–Kier alpha value is -3.22. The van der Waals surface area contributed by atoms with Crippen LogP contribution >= 0.6 is 0 Å². The van der Waals surface area contributed by atoms with Gasteiger partial charge in [0.1, 0.15) is 11.5 Å². The van der Waals surface area contributed by atoms with Crippen LogP contribution in [-0.4, -0.2) is 74.6 Å². The second-order valence-corrected chi connectivity index (χ2v) is 8.08. The number of piperazine rings is 1. The van der Waals surface area contributed by atoms with Crippen LogP contribution in [0, 0.1) is 0 Å². The summed E-state index contributed by atoms with van der Waals surface area (Å²) in [6, 6.07) is 13.4. The Labute approximate surface area is 190 Å². The van der Waals surface area contributed by atoms with E-state index in [0.29, 0.717) is 54.8 Å². The molecule has 0 N–H and O–H groups in total. The highest BCUT2D eigenvalue weighted by Gasteiger charge is 2.27. The molecule has 3 rings (SSSR count). The van der Waals surface area contributed by atoms with E-state index in [1.165, 1.54) is 7.11 Å². The quantitative estimate of drug-likeness (QED) is 0.660. The third-order valence-corrected chi connectivity index (χ3v) is 5.90. The Morgan fingerprint density at radius 3 is 2.00 bits per heavy atom. The molecule has 1 aliphatic heterocycles. The third kappa shape index (κ3) is 4.98. The molecule has 0 atom stereocenters. The van der Waals surface area contributed by atoms with Crippen LogP contribution in [0.25, 0.3) is 0 Å². The zero-order chi connectivity index (χ0) is 23.3. The van der Waals surface area contributed by atoms with Crippen molar-refractivity contribution >= 4 is 17.5 Å². The summed E-state index contributed by atoms with van der Waals surface area (Å²) in [5.41, 5.74) is 2.28. The van der Waals surface area contributed by atoms with Gasteiger partial charge < -0.3 is 24.2 Å². The molecule has 32 heavy (non-hydrogen) atoms. The molecule has 2 aromatic carbocycles. The Balaban J connectivity index is 1.63. The van der Waals surface area contributed by atoms with E-state index < -0.39 is 0 Å². The van der Waals surface area contributed by atoms with E-state index in [1.807, 2.05) is 29.2 Å². The number of benzene rings is 2. The maximum absolute atomic E-state index is 13.0. The summed E-state index contributed by atoms with van der Waals surface area (Å²) in [4.78, 5) is 31.8. The van der Waals surface area contributed by atoms with Crippen LogP contribution in [0.4, 0.5) is 5.69 Å². The fourth-order valence-electron chi connectivity index (χ4n) is 4.08. The van der Waals surface area contributed by atoms with E-state index in [4.69, 9.17) is 9.47 Å². The van der Waals surface area contributed by atoms with Crippen LogP contribution in [0.2, 0.25) is 0 Å². The van der Waals surface area contributed by atoms with E-state index in [9.17, 15) is 9.59 Å². The molecule has 0 saturated carbocycles. The van der Waals surface area contributed by atoms with Crippen molar-refractivity contribution in [1.29, 1.82) is 0 Å². The summed E-state index contributed by atoms with van der Waals surface area (Å²) in [6.07, 6.45) is 0. The minimum absolute atomic E-state index is 0.00160. The molecule has 0 unspecified atom stereocenters. The molecule has 7 nitrogen and oxygen atoms in total. The first kappa shape index (κ1) is 23.4. The van der Waals surface area contributed by atoms with Gasteiger partial charge in [0.2, 0.25) is 0 Å². The molecule has 0 bridgehead atoms. The number of hydrogen-bond donors (Lipinski definition) is 0.